The Bertz CT molecular complexity index is 403. The van der Waals surface area contributed by atoms with Crippen LogP contribution >= 0.6 is 0 Å². The minimum Gasteiger partial charge on any atom is -0.478 e. The molecular weight excluding hydrogens is 230 g/mol. The summed E-state index contributed by atoms with van der Waals surface area (Å²) in [5.74, 6) is -0.951. The van der Waals surface area contributed by atoms with Gasteiger partial charge in [-0.15, -0.1) is 0 Å². The molecule has 1 heterocycles. The number of aromatic nitrogens is 1. The van der Waals surface area contributed by atoms with Crippen LogP contribution in [-0.2, 0) is 0 Å². The van der Waals surface area contributed by atoms with Crippen molar-refractivity contribution < 1.29 is 9.90 Å². The van der Waals surface area contributed by atoms with E-state index < -0.39 is 5.97 Å². The zero-order chi connectivity index (χ0) is 13.5. The van der Waals surface area contributed by atoms with Crippen molar-refractivity contribution in [1.29, 1.82) is 0 Å². The summed E-state index contributed by atoms with van der Waals surface area (Å²) in [6.07, 6.45) is 1.40. The maximum Gasteiger partial charge on any atom is 0.339 e. The van der Waals surface area contributed by atoms with Crippen molar-refractivity contribution in [2.45, 2.75) is 20.8 Å². The summed E-state index contributed by atoms with van der Waals surface area (Å²) in [5.41, 5.74) is 1.67. The molecule has 0 saturated carbocycles. The number of rotatable bonds is 7. The van der Waals surface area contributed by atoms with Crippen LogP contribution in [0.3, 0.4) is 0 Å². The monoisotopic (exact) mass is 251 g/mol. The molecular formula is C13H21N3O2. The molecule has 0 radical (unpaired) electrons. The summed E-state index contributed by atoms with van der Waals surface area (Å²) in [5, 5.41) is 12.2. The first kappa shape index (κ1) is 14.4. The summed E-state index contributed by atoms with van der Waals surface area (Å²) < 4.78 is 0. The Hall–Kier alpha value is -1.62. The number of hydrogen-bond donors (Lipinski definition) is 2. The number of carbonyl (C=O) groups is 1. The van der Waals surface area contributed by atoms with Gasteiger partial charge < -0.3 is 15.3 Å². The predicted molar refractivity (Wildman–Crippen MR) is 72.2 cm³/mol. The van der Waals surface area contributed by atoms with E-state index in [4.69, 9.17) is 5.11 Å². The Kier molecular flexibility index (Phi) is 5.58. The molecule has 0 fully saturated rings. The maximum atomic E-state index is 11.1. The molecule has 1 rings (SSSR count). The van der Waals surface area contributed by atoms with E-state index in [1.807, 2.05) is 6.92 Å². The van der Waals surface area contributed by atoms with Gasteiger partial charge in [0.1, 0.15) is 5.56 Å². The van der Waals surface area contributed by atoms with E-state index in [1.165, 1.54) is 6.20 Å². The average molecular weight is 251 g/mol. The highest BCUT2D eigenvalue weighted by Gasteiger charge is 2.10. The van der Waals surface area contributed by atoms with Crippen molar-refractivity contribution in [3.63, 3.8) is 0 Å². The van der Waals surface area contributed by atoms with Gasteiger partial charge in [-0.1, -0.05) is 13.8 Å². The number of hydrogen-bond acceptors (Lipinski definition) is 4. The number of carboxylic acids is 1. The number of aromatic carboxylic acids is 1. The molecule has 0 aliphatic heterocycles. The molecule has 2 N–H and O–H groups in total. The molecule has 0 aliphatic rings. The number of pyridine rings is 1. The normalized spacial score (nSPS) is 10.7. The molecule has 0 atom stereocenters. The molecule has 0 amide bonds. The number of aryl methyl sites for hydroxylation is 1. The van der Waals surface area contributed by atoms with Gasteiger partial charge in [0.25, 0.3) is 0 Å². The minimum absolute atomic E-state index is 0.222. The van der Waals surface area contributed by atoms with E-state index in [0.717, 1.165) is 31.9 Å². The van der Waals surface area contributed by atoms with Gasteiger partial charge in [0.2, 0.25) is 0 Å². The van der Waals surface area contributed by atoms with Crippen molar-refractivity contribution >= 4 is 11.7 Å². The molecule has 0 aromatic carbocycles. The summed E-state index contributed by atoms with van der Waals surface area (Å²) in [6.45, 7) is 9.70. The Labute approximate surface area is 108 Å². The first-order valence-corrected chi connectivity index (χ1v) is 6.24. The van der Waals surface area contributed by atoms with Crippen LogP contribution in [0.15, 0.2) is 12.3 Å². The molecule has 100 valence electrons. The summed E-state index contributed by atoms with van der Waals surface area (Å²) >= 11 is 0. The number of carboxylic acid groups (broad SMARTS) is 1. The van der Waals surface area contributed by atoms with Gasteiger partial charge in [0, 0.05) is 25.0 Å². The lowest BCUT2D eigenvalue weighted by molar-refractivity contribution is 0.0697. The first-order valence-electron chi connectivity index (χ1n) is 6.24. The highest BCUT2D eigenvalue weighted by molar-refractivity contribution is 5.93. The van der Waals surface area contributed by atoms with Crippen molar-refractivity contribution in [2.75, 3.05) is 31.5 Å². The topological polar surface area (TPSA) is 65.5 Å². The van der Waals surface area contributed by atoms with E-state index in [2.05, 4.69) is 29.0 Å². The zero-order valence-electron chi connectivity index (χ0n) is 11.2. The fourth-order valence-corrected chi connectivity index (χ4v) is 1.77. The third-order valence-electron chi connectivity index (χ3n) is 2.91. The molecule has 5 heteroatoms. The summed E-state index contributed by atoms with van der Waals surface area (Å²) in [6, 6.07) is 1.77. The van der Waals surface area contributed by atoms with Crippen molar-refractivity contribution in [3.05, 3.63) is 23.5 Å². The van der Waals surface area contributed by atoms with Gasteiger partial charge in [-0.05, 0) is 26.1 Å². The quantitative estimate of drug-likeness (QED) is 0.774. The van der Waals surface area contributed by atoms with Crippen molar-refractivity contribution in [2.24, 2.45) is 0 Å². The zero-order valence-corrected chi connectivity index (χ0v) is 11.2. The summed E-state index contributed by atoms with van der Waals surface area (Å²) in [4.78, 5) is 17.3. The lowest BCUT2D eigenvalue weighted by Crippen LogP contribution is -2.29. The fourth-order valence-electron chi connectivity index (χ4n) is 1.77. The molecule has 0 saturated heterocycles. The number of nitrogens with one attached hydrogen (secondary N) is 1. The van der Waals surface area contributed by atoms with E-state index in [0.29, 0.717) is 5.69 Å². The van der Waals surface area contributed by atoms with Crippen LogP contribution in [0.25, 0.3) is 0 Å². The Morgan fingerprint density at radius 1 is 1.44 bits per heavy atom. The van der Waals surface area contributed by atoms with E-state index in [1.54, 1.807) is 6.07 Å². The molecule has 18 heavy (non-hydrogen) atoms. The van der Waals surface area contributed by atoms with Crippen LogP contribution in [0.1, 0.15) is 29.9 Å². The molecule has 0 spiro atoms. The van der Waals surface area contributed by atoms with Crippen LogP contribution in [0.5, 0.6) is 0 Å². The largest absolute Gasteiger partial charge is 0.478 e. The highest BCUT2D eigenvalue weighted by atomic mass is 16.4. The maximum absolute atomic E-state index is 11.1. The lowest BCUT2D eigenvalue weighted by Gasteiger charge is -2.19. The number of likely N-dealkylation sites (N-methyl/N-ethyl adjacent to an activating group) is 1. The van der Waals surface area contributed by atoms with Gasteiger partial charge in [-0.25, -0.2) is 4.79 Å². The van der Waals surface area contributed by atoms with E-state index in [9.17, 15) is 4.79 Å². The molecule has 1 aromatic heterocycles. The Balaban J connectivity index is 2.66. The SMILES string of the molecule is CCN(CC)CCNc1cc(C)ncc1C(=O)O. The average Bonchev–Trinajstić information content (AvgIpc) is 2.34. The van der Waals surface area contributed by atoms with Gasteiger partial charge in [0.05, 0.1) is 5.69 Å². The Morgan fingerprint density at radius 2 is 2.11 bits per heavy atom. The third-order valence-corrected chi connectivity index (χ3v) is 2.91. The highest BCUT2D eigenvalue weighted by Crippen LogP contribution is 2.15. The molecule has 0 unspecified atom stereocenters. The number of nitrogens with zero attached hydrogens (tertiary/aromatic N) is 2. The van der Waals surface area contributed by atoms with Crippen LogP contribution in [0, 0.1) is 6.92 Å². The smallest absolute Gasteiger partial charge is 0.339 e. The third kappa shape index (κ3) is 4.00. The van der Waals surface area contributed by atoms with E-state index in [-0.39, 0.29) is 5.56 Å². The lowest BCUT2D eigenvalue weighted by atomic mass is 10.2. The second kappa shape index (κ2) is 6.96. The molecule has 0 bridgehead atoms. The minimum atomic E-state index is -0.951. The van der Waals surface area contributed by atoms with Gasteiger partial charge in [-0.3, -0.25) is 4.98 Å². The summed E-state index contributed by atoms with van der Waals surface area (Å²) in [7, 11) is 0. The van der Waals surface area contributed by atoms with Gasteiger partial charge >= 0.3 is 5.97 Å². The van der Waals surface area contributed by atoms with Crippen LogP contribution in [0.4, 0.5) is 5.69 Å². The second-order valence-corrected chi connectivity index (χ2v) is 4.13. The van der Waals surface area contributed by atoms with Gasteiger partial charge in [-0.2, -0.15) is 0 Å². The molecule has 0 aliphatic carbocycles. The van der Waals surface area contributed by atoms with Crippen molar-refractivity contribution in [1.82, 2.24) is 9.88 Å². The standard InChI is InChI=1S/C13H21N3O2/c1-4-16(5-2)7-6-14-12-8-10(3)15-9-11(12)13(17)18/h8-9H,4-7H2,1-3H3,(H,14,15)(H,17,18). The van der Waals surface area contributed by atoms with Crippen molar-refractivity contribution in [3.8, 4) is 0 Å². The number of anilines is 1. The second-order valence-electron chi connectivity index (χ2n) is 4.13. The Morgan fingerprint density at radius 3 is 2.67 bits per heavy atom. The first-order chi connectivity index (χ1) is 8.58. The van der Waals surface area contributed by atoms with Crippen LogP contribution in [-0.4, -0.2) is 47.1 Å². The van der Waals surface area contributed by atoms with Crippen LogP contribution in [0.2, 0.25) is 0 Å². The van der Waals surface area contributed by atoms with E-state index >= 15 is 0 Å². The van der Waals surface area contributed by atoms with Crippen LogP contribution < -0.4 is 5.32 Å². The molecule has 5 nitrogen and oxygen atoms in total. The molecule has 1 aromatic rings. The van der Waals surface area contributed by atoms with Gasteiger partial charge in [0.15, 0.2) is 0 Å². The predicted octanol–water partition coefficient (Wildman–Crippen LogP) is 1.84. The fraction of sp³-hybridized carbons (Fsp3) is 0.538.